The summed E-state index contributed by atoms with van der Waals surface area (Å²) in [6.45, 7) is 5.76. The smallest absolute Gasteiger partial charge is 0.119 e. The molecule has 2 rings (SSSR count). The highest BCUT2D eigenvalue weighted by atomic mass is 32.1. The zero-order chi connectivity index (χ0) is 12.8. The SMILES string of the molecule is CCN(Cc1csc(COC)n1)Cc1cccs1. The zero-order valence-corrected chi connectivity index (χ0v) is 12.4. The van der Waals surface area contributed by atoms with Crippen molar-refractivity contribution in [1.82, 2.24) is 9.88 Å². The highest BCUT2D eigenvalue weighted by molar-refractivity contribution is 7.10. The van der Waals surface area contributed by atoms with Gasteiger partial charge in [-0.15, -0.1) is 22.7 Å². The largest absolute Gasteiger partial charge is 0.378 e. The molecule has 0 aliphatic heterocycles. The lowest BCUT2D eigenvalue weighted by molar-refractivity contribution is 0.184. The quantitative estimate of drug-likeness (QED) is 0.778. The summed E-state index contributed by atoms with van der Waals surface area (Å²) in [5.41, 5.74) is 1.14. The van der Waals surface area contributed by atoms with Crippen LogP contribution in [0.25, 0.3) is 0 Å². The lowest BCUT2D eigenvalue weighted by Crippen LogP contribution is -2.22. The van der Waals surface area contributed by atoms with Gasteiger partial charge in [-0.1, -0.05) is 13.0 Å². The molecule has 98 valence electrons. The van der Waals surface area contributed by atoms with Crippen LogP contribution in [-0.2, 0) is 24.4 Å². The van der Waals surface area contributed by atoms with Gasteiger partial charge in [-0.3, -0.25) is 4.90 Å². The van der Waals surface area contributed by atoms with E-state index in [1.165, 1.54) is 4.88 Å². The molecule has 2 aromatic heterocycles. The Balaban J connectivity index is 1.92. The number of rotatable bonds is 7. The number of aromatic nitrogens is 1. The van der Waals surface area contributed by atoms with Crippen LogP contribution in [0.2, 0.25) is 0 Å². The van der Waals surface area contributed by atoms with E-state index < -0.39 is 0 Å². The van der Waals surface area contributed by atoms with Gasteiger partial charge < -0.3 is 4.74 Å². The first kappa shape index (κ1) is 13.7. The van der Waals surface area contributed by atoms with Crippen molar-refractivity contribution in [2.75, 3.05) is 13.7 Å². The van der Waals surface area contributed by atoms with Crippen LogP contribution in [0.5, 0.6) is 0 Å². The Kier molecular flexibility index (Phi) is 5.31. The predicted octanol–water partition coefficient (Wildman–Crippen LogP) is 3.37. The molecule has 0 saturated heterocycles. The van der Waals surface area contributed by atoms with Crippen molar-refractivity contribution in [3.8, 4) is 0 Å². The third kappa shape index (κ3) is 3.88. The topological polar surface area (TPSA) is 25.4 Å². The second kappa shape index (κ2) is 6.99. The Morgan fingerprint density at radius 2 is 2.22 bits per heavy atom. The normalized spacial score (nSPS) is 11.3. The van der Waals surface area contributed by atoms with Crippen molar-refractivity contribution in [1.29, 1.82) is 0 Å². The molecular formula is C13H18N2OS2. The van der Waals surface area contributed by atoms with Crippen LogP contribution < -0.4 is 0 Å². The van der Waals surface area contributed by atoms with Gasteiger partial charge in [0, 0.05) is 30.5 Å². The first-order valence-electron chi connectivity index (χ1n) is 5.98. The molecule has 0 aliphatic rings. The summed E-state index contributed by atoms with van der Waals surface area (Å²) in [5.74, 6) is 0. The van der Waals surface area contributed by atoms with E-state index in [0.717, 1.165) is 30.3 Å². The maximum absolute atomic E-state index is 5.09. The molecule has 0 radical (unpaired) electrons. The first-order chi connectivity index (χ1) is 8.81. The summed E-state index contributed by atoms with van der Waals surface area (Å²) in [7, 11) is 1.70. The number of thiophene rings is 1. The van der Waals surface area contributed by atoms with Gasteiger partial charge in [-0.05, 0) is 18.0 Å². The summed E-state index contributed by atoms with van der Waals surface area (Å²) < 4.78 is 5.09. The molecule has 0 unspecified atom stereocenters. The number of ether oxygens (including phenoxy) is 1. The Morgan fingerprint density at radius 3 is 2.89 bits per heavy atom. The molecule has 0 bridgehead atoms. The molecule has 18 heavy (non-hydrogen) atoms. The van der Waals surface area contributed by atoms with Gasteiger partial charge in [-0.25, -0.2) is 4.98 Å². The van der Waals surface area contributed by atoms with E-state index in [9.17, 15) is 0 Å². The van der Waals surface area contributed by atoms with E-state index >= 15 is 0 Å². The maximum atomic E-state index is 5.09. The summed E-state index contributed by atoms with van der Waals surface area (Å²) in [5, 5.41) is 5.31. The third-order valence-electron chi connectivity index (χ3n) is 2.66. The number of methoxy groups -OCH3 is 1. The molecular weight excluding hydrogens is 264 g/mol. The molecule has 0 amide bonds. The van der Waals surface area contributed by atoms with E-state index in [4.69, 9.17) is 4.74 Å². The predicted molar refractivity (Wildman–Crippen MR) is 76.9 cm³/mol. The Hall–Kier alpha value is -0.750. The highest BCUT2D eigenvalue weighted by Crippen LogP contribution is 2.16. The second-order valence-electron chi connectivity index (χ2n) is 4.05. The van der Waals surface area contributed by atoms with Gasteiger partial charge in [0.15, 0.2) is 0 Å². The number of hydrogen-bond donors (Lipinski definition) is 0. The molecule has 0 spiro atoms. The van der Waals surface area contributed by atoms with E-state index in [0.29, 0.717) is 6.61 Å². The maximum Gasteiger partial charge on any atom is 0.119 e. The summed E-state index contributed by atoms with van der Waals surface area (Å²) in [6, 6.07) is 4.29. The van der Waals surface area contributed by atoms with Crippen LogP contribution in [0.4, 0.5) is 0 Å². The van der Waals surface area contributed by atoms with Crippen molar-refractivity contribution >= 4 is 22.7 Å². The molecule has 2 heterocycles. The Bertz CT molecular complexity index is 453. The fourth-order valence-electron chi connectivity index (χ4n) is 1.74. The third-order valence-corrected chi connectivity index (χ3v) is 4.39. The van der Waals surface area contributed by atoms with Gasteiger partial charge in [0.2, 0.25) is 0 Å². The van der Waals surface area contributed by atoms with Gasteiger partial charge in [0.1, 0.15) is 5.01 Å². The second-order valence-corrected chi connectivity index (χ2v) is 6.02. The van der Waals surface area contributed by atoms with Gasteiger partial charge in [0.05, 0.1) is 12.3 Å². The number of nitrogens with zero attached hydrogens (tertiary/aromatic N) is 2. The minimum absolute atomic E-state index is 0.613. The van der Waals surface area contributed by atoms with Crippen molar-refractivity contribution in [3.63, 3.8) is 0 Å². The summed E-state index contributed by atoms with van der Waals surface area (Å²) in [6.07, 6.45) is 0. The standard InChI is InChI=1S/C13H18N2OS2/c1-3-15(8-12-5-4-6-17-12)7-11-10-18-13(14-11)9-16-2/h4-6,10H,3,7-9H2,1-2H3. The molecule has 0 aliphatic carbocycles. The van der Waals surface area contributed by atoms with E-state index in [2.05, 4.69) is 39.7 Å². The highest BCUT2D eigenvalue weighted by Gasteiger charge is 2.08. The molecule has 0 saturated carbocycles. The van der Waals surface area contributed by atoms with Crippen molar-refractivity contribution < 1.29 is 4.74 Å². The average Bonchev–Trinajstić information content (AvgIpc) is 3.01. The Morgan fingerprint density at radius 1 is 1.33 bits per heavy atom. The lowest BCUT2D eigenvalue weighted by Gasteiger charge is -2.18. The number of thiazole rings is 1. The fourth-order valence-corrected chi connectivity index (χ4v) is 3.24. The minimum atomic E-state index is 0.613. The van der Waals surface area contributed by atoms with E-state index in [1.807, 2.05) is 11.3 Å². The van der Waals surface area contributed by atoms with Crippen molar-refractivity contribution in [2.24, 2.45) is 0 Å². The van der Waals surface area contributed by atoms with E-state index in [-0.39, 0.29) is 0 Å². The monoisotopic (exact) mass is 282 g/mol. The number of hydrogen-bond acceptors (Lipinski definition) is 5. The van der Waals surface area contributed by atoms with Crippen LogP contribution >= 0.6 is 22.7 Å². The molecule has 5 heteroatoms. The summed E-state index contributed by atoms with van der Waals surface area (Å²) in [4.78, 5) is 8.38. The fraction of sp³-hybridized carbons (Fsp3) is 0.462. The average molecular weight is 282 g/mol. The van der Waals surface area contributed by atoms with Crippen molar-refractivity contribution in [2.45, 2.75) is 26.6 Å². The molecule has 0 fully saturated rings. The molecule has 0 atom stereocenters. The molecule has 0 N–H and O–H groups in total. The summed E-state index contributed by atoms with van der Waals surface area (Å²) >= 11 is 3.49. The minimum Gasteiger partial charge on any atom is -0.378 e. The lowest BCUT2D eigenvalue weighted by atomic mass is 10.3. The molecule has 0 aromatic carbocycles. The zero-order valence-electron chi connectivity index (χ0n) is 10.8. The van der Waals surface area contributed by atoms with Gasteiger partial charge in [0.25, 0.3) is 0 Å². The van der Waals surface area contributed by atoms with Gasteiger partial charge in [-0.2, -0.15) is 0 Å². The van der Waals surface area contributed by atoms with Crippen LogP contribution in [0.1, 0.15) is 22.5 Å². The molecule has 2 aromatic rings. The van der Waals surface area contributed by atoms with Crippen LogP contribution in [-0.4, -0.2) is 23.5 Å². The first-order valence-corrected chi connectivity index (χ1v) is 7.74. The van der Waals surface area contributed by atoms with Crippen LogP contribution in [0, 0.1) is 0 Å². The Labute approximate surface area is 116 Å². The van der Waals surface area contributed by atoms with Crippen molar-refractivity contribution in [3.05, 3.63) is 38.5 Å². The van der Waals surface area contributed by atoms with Crippen LogP contribution in [0.3, 0.4) is 0 Å². The van der Waals surface area contributed by atoms with Crippen LogP contribution in [0.15, 0.2) is 22.9 Å². The van der Waals surface area contributed by atoms with E-state index in [1.54, 1.807) is 18.4 Å². The van der Waals surface area contributed by atoms with Gasteiger partial charge >= 0.3 is 0 Å². The molecule has 3 nitrogen and oxygen atoms in total.